The quantitative estimate of drug-likeness (QED) is 0.218. The van der Waals surface area contributed by atoms with Gasteiger partial charge in [0.1, 0.15) is 5.82 Å². The molecule has 2 atom stereocenters. The number of benzene rings is 2. The van der Waals surface area contributed by atoms with Gasteiger partial charge in [-0.3, -0.25) is 9.48 Å². The first kappa shape index (κ1) is 25.4. The fourth-order valence-electron chi connectivity index (χ4n) is 4.12. The molecule has 0 radical (unpaired) electrons. The van der Waals surface area contributed by atoms with Crippen molar-refractivity contribution in [3.63, 3.8) is 0 Å². The van der Waals surface area contributed by atoms with E-state index in [1.807, 2.05) is 54.1 Å². The van der Waals surface area contributed by atoms with Crippen LogP contribution in [0.1, 0.15) is 29.8 Å². The van der Waals surface area contributed by atoms with Gasteiger partial charge in [0, 0.05) is 23.7 Å². The predicted octanol–water partition coefficient (Wildman–Crippen LogP) is 4.11. The monoisotopic (exact) mass is 505 g/mol. The fraction of sp³-hybridized carbons (Fsp3) is 0.231. The van der Waals surface area contributed by atoms with Crippen LogP contribution in [0.3, 0.4) is 0 Å². The van der Waals surface area contributed by atoms with Gasteiger partial charge in [0.05, 0.1) is 23.3 Å². The molecule has 0 fully saturated rings. The third-order valence-corrected chi connectivity index (χ3v) is 6.02. The minimum absolute atomic E-state index is 0.0657. The maximum absolute atomic E-state index is 15.1. The molecule has 0 aliphatic rings. The van der Waals surface area contributed by atoms with Gasteiger partial charge in [0.2, 0.25) is 0 Å². The van der Waals surface area contributed by atoms with Crippen LogP contribution in [-0.2, 0) is 13.0 Å². The smallest absolute Gasteiger partial charge is 0.404 e. The molecule has 0 aliphatic heterocycles. The molecule has 0 bridgehead atoms. The number of aryl methyl sites for hydroxylation is 1. The highest BCUT2D eigenvalue weighted by atomic mass is 19.1. The number of fused-ring (bicyclic) bond motifs is 1. The van der Waals surface area contributed by atoms with Gasteiger partial charge in [-0.15, -0.1) is 0 Å². The highest BCUT2D eigenvalue weighted by Crippen LogP contribution is 2.27. The van der Waals surface area contributed by atoms with Crippen LogP contribution in [0, 0.1) is 5.82 Å². The number of anilines is 3. The number of primary amides is 1. The third kappa shape index (κ3) is 5.95. The Morgan fingerprint density at radius 2 is 1.89 bits per heavy atom. The van der Waals surface area contributed by atoms with Crippen molar-refractivity contribution in [2.75, 3.05) is 10.6 Å². The number of carboxylic acid groups (broad SMARTS) is 1. The highest BCUT2D eigenvalue weighted by molar-refractivity contribution is 5.99. The summed E-state index contributed by atoms with van der Waals surface area (Å²) < 4.78 is 16.9. The lowest BCUT2D eigenvalue weighted by atomic mass is 10.0. The largest absolute Gasteiger partial charge is 0.465 e. The van der Waals surface area contributed by atoms with Crippen LogP contribution in [0.5, 0.6) is 0 Å². The summed E-state index contributed by atoms with van der Waals surface area (Å²) in [5.41, 5.74) is 7.87. The number of hydrogen-bond acceptors (Lipinski definition) is 6. The van der Waals surface area contributed by atoms with Gasteiger partial charge in [0.15, 0.2) is 11.6 Å². The first-order valence-electron chi connectivity index (χ1n) is 11.8. The fourth-order valence-corrected chi connectivity index (χ4v) is 4.12. The zero-order chi connectivity index (χ0) is 26.5. The van der Waals surface area contributed by atoms with E-state index >= 15 is 4.39 Å². The number of carbonyl (C=O) groups excluding carboxylic acids is 1. The summed E-state index contributed by atoms with van der Waals surface area (Å²) in [6.45, 7) is 4.39. The molecule has 2 amide bonds. The van der Waals surface area contributed by atoms with Crippen LogP contribution in [-0.4, -0.2) is 44.0 Å². The number of amides is 2. The van der Waals surface area contributed by atoms with Crippen LogP contribution in [0.15, 0.2) is 60.8 Å². The SMILES string of the molecule is CCn1ncc2cc(Nc3nc(N[C@H](Cc4ccccc4)[C@H](C)NC(=O)O)c(F)cc3C(N)=O)ccc21. The van der Waals surface area contributed by atoms with E-state index in [2.05, 4.69) is 26.0 Å². The van der Waals surface area contributed by atoms with Crippen LogP contribution in [0.4, 0.5) is 26.5 Å². The summed E-state index contributed by atoms with van der Waals surface area (Å²) in [5.74, 6) is -1.72. The Bertz CT molecular complexity index is 1420. The molecule has 0 saturated carbocycles. The van der Waals surface area contributed by atoms with Crippen molar-refractivity contribution in [3.05, 3.63) is 77.7 Å². The second-order valence-corrected chi connectivity index (χ2v) is 8.62. The number of carbonyl (C=O) groups is 2. The Labute approximate surface area is 212 Å². The summed E-state index contributed by atoms with van der Waals surface area (Å²) in [4.78, 5) is 27.7. The van der Waals surface area contributed by atoms with Gasteiger partial charge in [-0.25, -0.2) is 14.2 Å². The summed E-state index contributed by atoms with van der Waals surface area (Å²) in [7, 11) is 0. The third-order valence-electron chi connectivity index (χ3n) is 6.02. The van der Waals surface area contributed by atoms with Crippen molar-refractivity contribution in [1.82, 2.24) is 20.1 Å². The normalized spacial score (nSPS) is 12.6. The van der Waals surface area contributed by atoms with E-state index in [1.54, 1.807) is 19.2 Å². The van der Waals surface area contributed by atoms with Crippen LogP contribution < -0.4 is 21.7 Å². The maximum Gasteiger partial charge on any atom is 0.404 e. The average Bonchev–Trinajstić information content (AvgIpc) is 3.27. The molecule has 4 rings (SSSR count). The topological polar surface area (TPSA) is 147 Å². The van der Waals surface area contributed by atoms with Crippen molar-refractivity contribution >= 4 is 40.2 Å². The molecule has 192 valence electrons. The number of halogens is 1. The van der Waals surface area contributed by atoms with Crippen molar-refractivity contribution in [2.45, 2.75) is 38.9 Å². The molecule has 4 aromatic rings. The zero-order valence-corrected chi connectivity index (χ0v) is 20.4. The predicted molar refractivity (Wildman–Crippen MR) is 140 cm³/mol. The molecule has 0 spiro atoms. The van der Waals surface area contributed by atoms with Crippen molar-refractivity contribution in [3.8, 4) is 0 Å². The van der Waals surface area contributed by atoms with Gasteiger partial charge < -0.3 is 26.8 Å². The Morgan fingerprint density at radius 1 is 1.14 bits per heavy atom. The Balaban J connectivity index is 1.67. The molecular formula is C26H28FN7O3. The van der Waals surface area contributed by atoms with E-state index in [9.17, 15) is 14.7 Å². The molecule has 6 N–H and O–H groups in total. The minimum Gasteiger partial charge on any atom is -0.465 e. The standard InChI is InChI=1S/C26H28FN7O3/c1-3-34-22-10-9-18(12-17(22)14-29-34)31-24-19(23(28)35)13-20(27)25(33-24)32-21(15(2)30-26(36)37)11-16-7-5-4-6-8-16/h4-10,12-15,21,30H,3,11H2,1-2H3,(H2,28,35)(H,36,37)(H2,31,32,33)/t15-,21+/m0/s1. The van der Waals surface area contributed by atoms with Gasteiger partial charge in [-0.1, -0.05) is 30.3 Å². The van der Waals surface area contributed by atoms with E-state index < -0.39 is 29.9 Å². The molecule has 0 unspecified atom stereocenters. The second kappa shape index (κ2) is 10.9. The number of aromatic nitrogens is 3. The lowest BCUT2D eigenvalue weighted by Gasteiger charge is -2.26. The molecule has 0 aliphatic carbocycles. The number of nitrogens with one attached hydrogen (secondary N) is 3. The Hall–Kier alpha value is -4.67. The molecule has 2 aromatic heterocycles. The summed E-state index contributed by atoms with van der Waals surface area (Å²) >= 11 is 0. The molecule has 0 saturated heterocycles. The molecule has 37 heavy (non-hydrogen) atoms. The van der Waals surface area contributed by atoms with Gasteiger partial charge in [0.25, 0.3) is 5.91 Å². The number of nitrogens with zero attached hydrogens (tertiary/aromatic N) is 3. The number of rotatable bonds is 10. The van der Waals surface area contributed by atoms with E-state index in [0.29, 0.717) is 12.1 Å². The van der Waals surface area contributed by atoms with E-state index in [4.69, 9.17) is 5.73 Å². The molecule has 2 heterocycles. The van der Waals surface area contributed by atoms with Gasteiger partial charge in [-0.2, -0.15) is 5.10 Å². The van der Waals surface area contributed by atoms with Crippen molar-refractivity contribution in [1.29, 1.82) is 0 Å². The van der Waals surface area contributed by atoms with E-state index in [0.717, 1.165) is 29.1 Å². The van der Waals surface area contributed by atoms with E-state index in [-0.39, 0.29) is 17.2 Å². The van der Waals surface area contributed by atoms with Crippen LogP contribution in [0.2, 0.25) is 0 Å². The van der Waals surface area contributed by atoms with Gasteiger partial charge in [-0.05, 0) is 50.1 Å². The van der Waals surface area contributed by atoms with Crippen molar-refractivity contribution < 1.29 is 19.1 Å². The zero-order valence-electron chi connectivity index (χ0n) is 20.4. The number of hydrogen-bond donors (Lipinski definition) is 5. The second-order valence-electron chi connectivity index (χ2n) is 8.62. The molecule has 10 nitrogen and oxygen atoms in total. The molecular weight excluding hydrogens is 477 g/mol. The summed E-state index contributed by atoms with van der Waals surface area (Å²) in [6.07, 6.45) is 0.922. The maximum atomic E-state index is 15.1. The summed E-state index contributed by atoms with van der Waals surface area (Å²) in [6, 6.07) is 14.8. The van der Waals surface area contributed by atoms with Gasteiger partial charge >= 0.3 is 6.09 Å². The lowest BCUT2D eigenvalue weighted by molar-refractivity contribution is 0.100. The first-order valence-corrected chi connectivity index (χ1v) is 11.8. The summed E-state index contributed by atoms with van der Waals surface area (Å²) in [5, 5.41) is 22.9. The van der Waals surface area contributed by atoms with E-state index in [1.165, 1.54) is 0 Å². The molecule has 2 aromatic carbocycles. The van der Waals surface area contributed by atoms with Crippen LogP contribution in [0.25, 0.3) is 10.9 Å². The first-order chi connectivity index (χ1) is 17.7. The Morgan fingerprint density at radius 3 is 2.57 bits per heavy atom. The Kier molecular flexibility index (Phi) is 7.52. The lowest BCUT2D eigenvalue weighted by Crippen LogP contribution is -2.45. The van der Waals surface area contributed by atoms with Crippen LogP contribution >= 0.6 is 0 Å². The molecule has 11 heteroatoms. The van der Waals surface area contributed by atoms with Crippen molar-refractivity contribution in [2.24, 2.45) is 5.73 Å². The number of nitrogens with two attached hydrogens (primary N) is 1. The number of pyridine rings is 1. The minimum atomic E-state index is -1.20. The average molecular weight is 506 g/mol. The highest BCUT2D eigenvalue weighted by Gasteiger charge is 2.23.